The molecule has 0 saturated carbocycles. The van der Waals surface area contributed by atoms with Crippen molar-refractivity contribution in [3.8, 4) is 0 Å². The Morgan fingerprint density at radius 3 is 2.54 bits per heavy atom. The van der Waals surface area contributed by atoms with E-state index in [0.29, 0.717) is 19.5 Å². The number of hydrogen-bond donors (Lipinski definition) is 1. The number of nitrogens with zero attached hydrogens (tertiary/aromatic N) is 1. The summed E-state index contributed by atoms with van der Waals surface area (Å²) in [5, 5.41) is 0.0471. The first-order chi connectivity index (χ1) is 10.6. The van der Waals surface area contributed by atoms with E-state index in [1.54, 1.807) is 0 Å². The normalized spacial score (nSPS) is 21.0. The predicted octanol–water partition coefficient (Wildman–Crippen LogP) is 2.30. The van der Waals surface area contributed by atoms with E-state index in [2.05, 4.69) is 4.74 Å². The summed E-state index contributed by atoms with van der Waals surface area (Å²) < 4.78 is 31.6. The van der Waals surface area contributed by atoms with E-state index in [-0.39, 0.29) is 39.3 Å². The smallest absolute Gasteiger partial charge is 0.339 e. The van der Waals surface area contributed by atoms with Gasteiger partial charge in [-0.3, -0.25) is 0 Å². The van der Waals surface area contributed by atoms with Crippen LogP contribution in [0.5, 0.6) is 0 Å². The molecule has 0 aromatic heterocycles. The largest absolute Gasteiger partial charge is 0.465 e. The Morgan fingerprint density at radius 2 is 2.04 bits per heavy atom. The van der Waals surface area contributed by atoms with Gasteiger partial charge in [0.05, 0.1) is 22.6 Å². The number of rotatable bonds is 3. The van der Waals surface area contributed by atoms with Gasteiger partial charge in [0, 0.05) is 19.1 Å². The maximum atomic E-state index is 12.8. The van der Waals surface area contributed by atoms with Gasteiger partial charge >= 0.3 is 5.97 Å². The molecule has 0 spiro atoms. The number of benzene rings is 1. The number of ether oxygens (including phenoxy) is 1. The second-order valence-electron chi connectivity index (χ2n) is 6.36. The third-order valence-corrected chi connectivity index (χ3v) is 6.41. The molecule has 1 heterocycles. The van der Waals surface area contributed by atoms with Gasteiger partial charge in [-0.05, 0) is 30.0 Å². The number of sulfonamides is 1. The summed E-state index contributed by atoms with van der Waals surface area (Å²) in [7, 11) is -2.45. The molecule has 0 aliphatic carbocycles. The number of carbonyl (C=O) groups is 1. The van der Waals surface area contributed by atoms with Gasteiger partial charge in [0.15, 0.2) is 0 Å². The molecule has 6 nitrogen and oxygen atoms in total. The fourth-order valence-electron chi connectivity index (χ4n) is 2.61. The van der Waals surface area contributed by atoms with Gasteiger partial charge in [-0.25, -0.2) is 13.2 Å². The minimum atomic E-state index is -3.69. The minimum absolute atomic E-state index is 0. The van der Waals surface area contributed by atoms with Crippen LogP contribution in [0.1, 0.15) is 30.6 Å². The molecular formula is C15H22Cl2N2O4S. The van der Waals surface area contributed by atoms with Crippen LogP contribution in [0.3, 0.4) is 0 Å². The van der Waals surface area contributed by atoms with Crippen molar-refractivity contribution in [1.82, 2.24) is 4.31 Å². The first kappa shape index (κ1) is 21.2. The maximum absolute atomic E-state index is 12.8. The van der Waals surface area contributed by atoms with Crippen molar-refractivity contribution in [2.45, 2.75) is 31.2 Å². The van der Waals surface area contributed by atoms with Crippen molar-refractivity contribution in [1.29, 1.82) is 0 Å². The first-order valence-electron chi connectivity index (χ1n) is 7.23. The molecule has 136 valence electrons. The van der Waals surface area contributed by atoms with E-state index in [9.17, 15) is 13.2 Å². The highest BCUT2D eigenvalue weighted by Crippen LogP contribution is 2.32. The van der Waals surface area contributed by atoms with Gasteiger partial charge in [0.25, 0.3) is 0 Å². The molecule has 1 aromatic rings. The van der Waals surface area contributed by atoms with Crippen LogP contribution >= 0.6 is 24.0 Å². The van der Waals surface area contributed by atoms with E-state index in [0.717, 1.165) is 0 Å². The second kappa shape index (κ2) is 7.58. The van der Waals surface area contributed by atoms with Gasteiger partial charge in [-0.15, -0.1) is 12.4 Å². The molecule has 1 fully saturated rings. The van der Waals surface area contributed by atoms with Crippen LogP contribution in [-0.2, 0) is 14.8 Å². The number of piperidine rings is 1. The molecule has 1 aliphatic rings. The molecule has 1 saturated heterocycles. The molecule has 0 radical (unpaired) electrons. The zero-order valence-electron chi connectivity index (χ0n) is 13.8. The van der Waals surface area contributed by atoms with Crippen molar-refractivity contribution < 1.29 is 17.9 Å². The van der Waals surface area contributed by atoms with Crippen molar-refractivity contribution in [2.75, 3.05) is 20.2 Å². The van der Waals surface area contributed by atoms with Gasteiger partial charge < -0.3 is 10.5 Å². The summed E-state index contributed by atoms with van der Waals surface area (Å²) in [6, 6.07) is 3.97. The monoisotopic (exact) mass is 396 g/mol. The fourth-order valence-corrected chi connectivity index (χ4v) is 4.59. The number of esters is 1. The van der Waals surface area contributed by atoms with Crippen LogP contribution in [0.2, 0.25) is 5.02 Å². The SMILES string of the molecule is COC(=O)c1ccc(S(=O)(=O)N2CCC(N)C(C)(C)C2)cc1Cl.Cl. The Kier molecular flexibility index (Phi) is 6.69. The Labute approximate surface area is 153 Å². The molecule has 2 rings (SSSR count). The highest BCUT2D eigenvalue weighted by molar-refractivity contribution is 7.89. The number of carbonyl (C=O) groups excluding carboxylic acids is 1. The summed E-state index contributed by atoms with van der Waals surface area (Å²) in [6.45, 7) is 4.61. The molecule has 1 aromatic carbocycles. The molecule has 9 heteroatoms. The second-order valence-corrected chi connectivity index (χ2v) is 8.70. The molecule has 2 N–H and O–H groups in total. The highest BCUT2D eigenvalue weighted by Gasteiger charge is 2.39. The summed E-state index contributed by atoms with van der Waals surface area (Å²) in [4.78, 5) is 11.6. The third-order valence-electron chi connectivity index (χ3n) is 4.26. The molecule has 0 bridgehead atoms. The Morgan fingerprint density at radius 1 is 1.42 bits per heavy atom. The van der Waals surface area contributed by atoms with E-state index < -0.39 is 16.0 Å². The van der Waals surface area contributed by atoms with Crippen molar-refractivity contribution in [3.63, 3.8) is 0 Å². The average molecular weight is 397 g/mol. The topological polar surface area (TPSA) is 89.7 Å². The van der Waals surface area contributed by atoms with E-state index in [1.807, 2.05) is 13.8 Å². The summed E-state index contributed by atoms with van der Waals surface area (Å²) >= 11 is 6.02. The van der Waals surface area contributed by atoms with E-state index in [1.165, 1.54) is 29.6 Å². The summed E-state index contributed by atoms with van der Waals surface area (Å²) in [6.07, 6.45) is 0.597. The van der Waals surface area contributed by atoms with Crippen molar-refractivity contribution >= 4 is 40.0 Å². The minimum Gasteiger partial charge on any atom is -0.465 e. The molecule has 0 amide bonds. The van der Waals surface area contributed by atoms with Gasteiger partial charge in [-0.2, -0.15) is 4.31 Å². The van der Waals surface area contributed by atoms with Gasteiger partial charge in [0.2, 0.25) is 10.0 Å². The van der Waals surface area contributed by atoms with Crippen LogP contribution < -0.4 is 5.73 Å². The van der Waals surface area contributed by atoms with Gasteiger partial charge in [-0.1, -0.05) is 25.4 Å². The van der Waals surface area contributed by atoms with Gasteiger partial charge in [0.1, 0.15) is 0 Å². The lowest BCUT2D eigenvalue weighted by molar-refractivity contribution is 0.0601. The first-order valence-corrected chi connectivity index (χ1v) is 9.05. The predicted molar refractivity (Wildman–Crippen MR) is 95.2 cm³/mol. The zero-order valence-corrected chi connectivity index (χ0v) is 16.2. The average Bonchev–Trinajstić information content (AvgIpc) is 2.48. The van der Waals surface area contributed by atoms with Crippen LogP contribution in [0.15, 0.2) is 23.1 Å². The van der Waals surface area contributed by atoms with Crippen LogP contribution in [-0.4, -0.2) is 44.9 Å². The molecule has 1 aliphatic heterocycles. The lowest BCUT2D eigenvalue weighted by Crippen LogP contribution is -2.53. The Balaban J connectivity index is 0.00000288. The molecule has 1 atom stereocenters. The number of nitrogens with two attached hydrogens (primary N) is 1. The van der Waals surface area contributed by atoms with E-state index in [4.69, 9.17) is 17.3 Å². The lowest BCUT2D eigenvalue weighted by atomic mass is 9.81. The lowest BCUT2D eigenvalue weighted by Gasteiger charge is -2.41. The highest BCUT2D eigenvalue weighted by atomic mass is 35.5. The van der Waals surface area contributed by atoms with Crippen LogP contribution in [0, 0.1) is 5.41 Å². The van der Waals surface area contributed by atoms with Crippen LogP contribution in [0.4, 0.5) is 0 Å². The maximum Gasteiger partial charge on any atom is 0.339 e. The third kappa shape index (κ3) is 4.03. The number of methoxy groups -OCH3 is 1. The Hall–Kier alpha value is -0.860. The summed E-state index contributed by atoms with van der Waals surface area (Å²) in [5.74, 6) is -0.607. The Bertz CT molecular complexity index is 722. The zero-order chi connectivity index (χ0) is 17.4. The van der Waals surface area contributed by atoms with Crippen molar-refractivity contribution in [2.24, 2.45) is 11.1 Å². The van der Waals surface area contributed by atoms with Crippen LogP contribution in [0.25, 0.3) is 0 Å². The molecular weight excluding hydrogens is 375 g/mol. The quantitative estimate of drug-likeness (QED) is 0.791. The van der Waals surface area contributed by atoms with E-state index >= 15 is 0 Å². The standard InChI is InChI=1S/C15H21ClN2O4S.ClH/c1-15(2)9-18(7-6-13(15)17)23(20,21)10-4-5-11(12(16)8-10)14(19)22-3;/h4-5,8,13H,6-7,9,17H2,1-3H3;1H. The number of halogens is 2. The number of hydrogen-bond acceptors (Lipinski definition) is 5. The molecule has 1 unspecified atom stereocenters. The fraction of sp³-hybridized carbons (Fsp3) is 0.533. The summed E-state index contributed by atoms with van der Waals surface area (Å²) in [5.41, 5.74) is 5.88. The van der Waals surface area contributed by atoms with Crippen molar-refractivity contribution in [3.05, 3.63) is 28.8 Å². The molecule has 24 heavy (non-hydrogen) atoms.